The van der Waals surface area contributed by atoms with Crippen molar-refractivity contribution in [1.82, 2.24) is 10.2 Å². The highest BCUT2D eigenvalue weighted by Crippen LogP contribution is 2.20. The van der Waals surface area contributed by atoms with E-state index >= 15 is 0 Å². The average molecular weight is 285 g/mol. The van der Waals surface area contributed by atoms with Gasteiger partial charge in [0.1, 0.15) is 0 Å². The third-order valence-electron chi connectivity index (χ3n) is 4.17. The van der Waals surface area contributed by atoms with E-state index in [1.54, 1.807) is 0 Å². The zero-order valence-electron chi connectivity index (χ0n) is 12.8. The highest BCUT2D eigenvalue weighted by atomic mass is 16.2. The minimum Gasteiger partial charge on any atom is -0.338 e. The summed E-state index contributed by atoms with van der Waals surface area (Å²) in [5.41, 5.74) is 1.73. The van der Waals surface area contributed by atoms with Crippen molar-refractivity contribution < 1.29 is 4.79 Å². The molecule has 1 aromatic rings. The maximum atomic E-state index is 12.6. The molecule has 0 saturated carbocycles. The smallest absolute Gasteiger partial charge is 0.226 e. The second-order valence-electron chi connectivity index (χ2n) is 5.78. The lowest BCUT2D eigenvalue weighted by Gasteiger charge is -2.35. The molecule has 0 aromatic heterocycles. The van der Waals surface area contributed by atoms with E-state index in [-0.39, 0.29) is 11.8 Å². The van der Waals surface area contributed by atoms with Crippen LogP contribution in [0.1, 0.15) is 31.4 Å². The van der Waals surface area contributed by atoms with Crippen LogP contribution in [-0.2, 0) is 11.3 Å². The Labute approximate surface area is 126 Å². The van der Waals surface area contributed by atoms with Crippen LogP contribution in [0.5, 0.6) is 0 Å². The molecule has 1 fully saturated rings. The van der Waals surface area contributed by atoms with Crippen LogP contribution in [0, 0.1) is 23.2 Å². The molecular weight excluding hydrogens is 262 g/mol. The van der Waals surface area contributed by atoms with Gasteiger partial charge in [-0.15, -0.1) is 0 Å². The van der Waals surface area contributed by atoms with E-state index in [1.807, 2.05) is 36.1 Å². The van der Waals surface area contributed by atoms with Crippen LogP contribution in [0.3, 0.4) is 0 Å². The van der Waals surface area contributed by atoms with E-state index in [0.29, 0.717) is 18.0 Å². The Morgan fingerprint density at radius 2 is 2.10 bits per heavy atom. The van der Waals surface area contributed by atoms with Gasteiger partial charge in [-0.25, -0.2) is 0 Å². The molecule has 4 heteroatoms. The maximum absolute atomic E-state index is 12.6. The van der Waals surface area contributed by atoms with Crippen LogP contribution in [0.2, 0.25) is 0 Å². The fourth-order valence-corrected chi connectivity index (χ4v) is 2.60. The Bertz CT molecular complexity index is 514. The summed E-state index contributed by atoms with van der Waals surface area (Å²) < 4.78 is 0. The molecule has 1 N–H and O–H groups in total. The monoisotopic (exact) mass is 285 g/mol. The third kappa shape index (κ3) is 3.83. The van der Waals surface area contributed by atoms with Crippen molar-refractivity contribution in [2.45, 2.75) is 26.8 Å². The molecule has 1 aliphatic heterocycles. The molecule has 1 aromatic carbocycles. The Morgan fingerprint density at radius 1 is 1.43 bits per heavy atom. The van der Waals surface area contributed by atoms with Gasteiger partial charge >= 0.3 is 0 Å². The van der Waals surface area contributed by atoms with Gasteiger partial charge in [0.15, 0.2) is 0 Å². The molecule has 2 rings (SSSR count). The molecule has 1 aliphatic rings. The molecule has 1 heterocycles. The topological polar surface area (TPSA) is 56.1 Å². The number of amides is 1. The van der Waals surface area contributed by atoms with Crippen LogP contribution >= 0.6 is 0 Å². The Kier molecular flexibility index (Phi) is 5.35. The summed E-state index contributed by atoms with van der Waals surface area (Å²) in [5, 5.41) is 12.1. The van der Waals surface area contributed by atoms with Crippen LogP contribution in [0.25, 0.3) is 0 Å². The van der Waals surface area contributed by atoms with Crippen molar-refractivity contribution in [2.24, 2.45) is 11.8 Å². The zero-order chi connectivity index (χ0) is 15.2. The summed E-state index contributed by atoms with van der Waals surface area (Å²) in [4.78, 5) is 14.6. The van der Waals surface area contributed by atoms with Gasteiger partial charge in [-0.05, 0) is 43.1 Å². The molecule has 1 atom stereocenters. The molecule has 112 valence electrons. The van der Waals surface area contributed by atoms with E-state index in [2.05, 4.69) is 18.3 Å². The second kappa shape index (κ2) is 7.24. The Morgan fingerprint density at radius 3 is 2.57 bits per heavy atom. The summed E-state index contributed by atoms with van der Waals surface area (Å²) in [5.74, 6) is 0.793. The largest absolute Gasteiger partial charge is 0.338 e. The minimum absolute atomic E-state index is 0.0798. The summed E-state index contributed by atoms with van der Waals surface area (Å²) in [6.07, 6.45) is 0.956. The first-order chi connectivity index (χ1) is 10.2. The standard InChI is InChI=1S/C17H23N3O/c1-3-8-20(17(21)13(2)16-10-19-11-16)12-15-6-4-14(9-18)5-7-15/h4-7,13,16,19H,3,8,10-12H2,1-2H3. The number of rotatable bonds is 6. The van der Waals surface area contributed by atoms with Gasteiger partial charge in [0.05, 0.1) is 11.6 Å². The molecule has 1 amide bonds. The van der Waals surface area contributed by atoms with Crippen molar-refractivity contribution in [3.05, 3.63) is 35.4 Å². The predicted octanol–water partition coefficient (Wildman–Crippen LogP) is 2.15. The molecule has 0 aliphatic carbocycles. The number of carbonyl (C=O) groups excluding carboxylic acids is 1. The second-order valence-corrected chi connectivity index (χ2v) is 5.78. The van der Waals surface area contributed by atoms with Gasteiger partial charge in [0, 0.05) is 19.0 Å². The number of carbonyl (C=O) groups is 1. The van der Waals surface area contributed by atoms with E-state index < -0.39 is 0 Å². The number of benzene rings is 1. The SMILES string of the molecule is CCCN(Cc1ccc(C#N)cc1)C(=O)C(C)C1CNC1. The van der Waals surface area contributed by atoms with Gasteiger partial charge in [-0.3, -0.25) is 4.79 Å². The van der Waals surface area contributed by atoms with Crippen molar-refractivity contribution in [3.8, 4) is 6.07 Å². The molecule has 1 unspecified atom stereocenters. The first-order valence-electron chi connectivity index (χ1n) is 7.64. The summed E-state index contributed by atoms with van der Waals surface area (Å²) in [7, 11) is 0. The number of nitriles is 1. The van der Waals surface area contributed by atoms with E-state index in [4.69, 9.17) is 5.26 Å². The van der Waals surface area contributed by atoms with Crippen molar-refractivity contribution in [2.75, 3.05) is 19.6 Å². The molecular formula is C17H23N3O. The van der Waals surface area contributed by atoms with Gasteiger partial charge in [-0.2, -0.15) is 5.26 Å². The summed E-state index contributed by atoms with van der Waals surface area (Å²) >= 11 is 0. The van der Waals surface area contributed by atoms with E-state index in [0.717, 1.165) is 31.6 Å². The van der Waals surface area contributed by atoms with Gasteiger partial charge in [0.25, 0.3) is 0 Å². The number of hydrogen-bond donors (Lipinski definition) is 1. The third-order valence-corrected chi connectivity index (χ3v) is 4.17. The maximum Gasteiger partial charge on any atom is 0.226 e. The summed E-state index contributed by atoms with van der Waals surface area (Å²) in [6.45, 7) is 7.43. The van der Waals surface area contributed by atoms with Crippen molar-refractivity contribution >= 4 is 5.91 Å². The van der Waals surface area contributed by atoms with Crippen molar-refractivity contribution in [3.63, 3.8) is 0 Å². The van der Waals surface area contributed by atoms with Crippen LogP contribution < -0.4 is 5.32 Å². The summed E-state index contributed by atoms with van der Waals surface area (Å²) in [6, 6.07) is 9.60. The van der Waals surface area contributed by atoms with Gasteiger partial charge < -0.3 is 10.2 Å². The molecule has 4 nitrogen and oxygen atoms in total. The normalized spacial score (nSPS) is 15.9. The van der Waals surface area contributed by atoms with Crippen LogP contribution in [-0.4, -0.2) is 30.4 Å². The zero-order valence-corrected chi connectivity index (χ0v) is 12.8. The molecule has 0 radical (unpaired) electrons. The lowest BCUT2D eigenvalue weighted by molar-refractivity contribution is -0.138. The number of nitrogens with zero attached hydrogens (tertiary/aromatic N) is 2. The minimum atomic E-state index is 0.0798. The fourth-order valence-electron chi connectivity index (χ4n) is 2.60. The van der Waals surface area contributed by atoms with Gasteiger partial charge in [0.2, 0.25) is 5.91 Å². The van der Waals surface area contributed by atoms with Gasteiger partial charge in [-0.1, -0.05) is 26.0 Å². The average Bonchev–Trinajstić information content (AvgIpc) is 2.45. The number of hydrogen-bond acceptors (Lipinski definition) is 3. The van der Waals surface area contributed by atoms with E-state index in [9.17, 15) is 4.79 Å². The quantitative estimate of drug-likeness (QED) is 0.871. The van der Waals surface area contributed by atoms with Crippen LogP contribution in [0.15, 0.2) is 24.3 Å². The molecule has 0 bridgehead atoms. The highest BCUT2D eigenvalue weighted by Gasteiger charge is 2.31. The molecule has 1 saturated heterocycles. The highest BCUT2D eigenvalue weighted by molar-refractivity contribution is 5.79. The Hall–Kier alpha value is -1.86. The lowest BCUT2D eigenvalue weighted by Crippen LogP contribution is -2.50. The Balaban J connectivity index is 2.03. The lowest BCUT2D eigenvalue weighted by atomic mass is 9.88. The molecule has 21 heavy (non-hydrogen) atoms. The fraction of sp³-hybridized carbons (Fsp3) is 0.529. The molecule has 0 spiro atoms. The first-order valence-corrected chi connectivity index (χ1v) is 7.64. The van der Waals surface area contributed by atoms with E-state index in [1.165, 1.54) is 0 Å². The number of nitrogens with one attached hydrogen (secondary N) is 1. The van der Waals surface area contributed by atoms with Crippen molar-refractivity contribution in [1.29, 1.82) is 5.26 Å². The predicted molar refractivity (Wildman–Crippen MR) is 82.4 cm³/mol. The first kappa shape index (κ1) is 15.5. The van der Waals surface area contributed by atoms with Crippen LogP contribution in [0.4, 0.5) is 0 Å².